The van der Waals surface area contributed by atoms with Crippen molar-refractivity contribution in [1.29, 1.82) is 0 Å². The van der Waals surface area contributed by atoms with Gasteiger partial charge in [-0.3, -0.25) is 4.90 Å². The highest BCUT2D eigenvalue weighted by Gasteiger charge is 2.16. The number of likely N-dealkylation sites (N-methyl/N-ethyl adjacent to an activating group) is 2. The number of rotatable bonds is 5. The molecule has 2 aliphatic rings. The van der Waals surface area contributed by atoms with Crippen molar-refractivity contribution < 1.29 is 0 Å². The molecular weight excluding hydrogens is 416 g/mol. The number of piperazine rings is 2. The summed E-state index contributed by atoms with van der Waals surface area (Å²) in [5.74, 6) is 1.24. The molecule has 0 spiro atoms. The maximum absolute atomic E-state index is 2.55. The topological polar surface area (TPSA) is 13.0 Å². The Morgan fingerprint density at radius 3 is 1.71 bits per heavy atom. The van der Waals surface area contributed by atoms with Gasteiger partial charge in [0.1, 0.15) is 0 Å². The number of anilines is 1. The number of benzene rings is 2. The third-order valence-corrected chi connectivity index (χ3v) is 7.27. The monoisotopic (exact) mass is 464 g/mol. The van der Waals surface area contributed by atoms with Crippen LogP contribution in [0.3, 0.4) is 0 Å². The lowest BCUT2D eigenvalue weighted by atomic mass is 10.00. The Balaban J connectivity index is 0.000000191. The van der Waals surface area contributed by atoms with Crippen LogP contribution in [0.25, 0.3) is 0 Å². The molecule has 0 amide bonds. The van der Waals surface area contributed by atoms with E-state index in [1.165, 1.54) is 67.2 Å². The Morgan fingerprint density at radius 1 is 0.647 bits per heavy atom. The van der Waals surface area contributed by atoms with E-state index in [1.807, 2.05) is 0 Å². The van der Waals surface area contributed by atoms with Gasteiger partial charge in [-0.05, 0) is 67.2 Å². The van der Waals surface area contributed by atoms with Crippen LogP contribution in [0.5, 0.6) is 0 Å². The lowest BCUT2D eigenvalue weighted by Crippen LogP contribution is -2.44. The molecule has 0 aliphatic carbocycles. The highest BCUT2D eigenvalue weighted by atomic mass is 15.3. The van der Waals surface area contributed by atoms with E-state index in [0.717, 1.165) is 19.6 Å². The van der Waals surface area contributed by atoms with Gasteiger partial charge >= 0.3 is 0 Å². The third-order valence-electron chi connectivity index (χ3n) is 7.27. The molecule has 188 valence electrons. The van der Waals surface area contributed by atoms with Crippen molar-refractivity contribution >= 4 is 5.69 Å². The van der Waals surface area contributed by atoms with Crippen LogP contribution in [0, 0.1) is 6.92 Å². The quantitative estimate of drug-likeness (QED) is 0.585. The first kappa shape index (κ1) is 26.7. The van der Waals surface area contributed by atoms with Crippen LogP contribution < -0.4 is 4.90 Å². The summed E-state index contributed by atoms with van der Waals surface area (Å²) in [4.78, 5) is 9.86. The van der Waals surface area contributed by atoms with Crippen molar-refractivity contribution in [2.45, 2.75) is 53.0 Å². The minimum atomic E-state index is 0.612. The molecule has 0 radical (unpaired) electrons. The van der Waals surface area contributed by atoms with Gasteiger partial charge in [0, 0.05) is 64.6 Å². The van der Waals surface area contributed by atoms with Gasteiger partial charge in [-0.1, -0.05) is 58.0 Å². The lowest BCUT2D eigenvalue weighted by Gasteiger charge is -2.34. The van der Waals surface area contributed by atoms with Gasteiger partial charge in [0.05, 0.1) is 0 Å². The van der Waals surface area contributed by atoms with Gasteiger partial charge in [-0.15, -0.1) is 0 Å². The van der Waals surface area contributed by atoms with Crippen molar-refractivity contribution in [2.75, 3.05) is 71.4 Å². The number of nitrogens with zero attached hydrogens (tertiary/aromatic N) is 4. The summed E-state index contributed by atoms with van der Waals surface area (Å²) in [6.45, 7) is 21.8. The van der Waals surface area contributed by atoms with Crippen LogP contribution in [0.1, 0.15) is 61.8 Å². The summed E-state index contributed by atoms with van der Waals surface area (Å²) >= 11 is 0. The molecule has 4 heteroatoms. The van der Waals surface area contributed by atoms with E-state index in [4.69, 9.17) is 0 Å². The Morgan fingerprint density at radius 2 is 1.18 bits per heavy atom. The zero-order chi connectivity index (χ0) is 24.7. The van der Waals surface area contributed by atoms with E-state index in [9.17, 15) is 0 Å². The summed E-state index contributed by atoms with van der Waals surface area (Å²) in [7, 11) is 4.40. The predicted molar refractivity (Wildman–Crippen MR) is 148 cm³/mol. The second kappa shape index (κ2) is 12.7. The second-order valence-electron chi connectivity index (χ2n) is 11.0. The van der Waals surface area contributed by atoms with Gasteiger partial charge in [-0.25, -0.2) is 0 Å². The fraction of sp³-hybridized carbons (Fsp3) is 0.600. The smallest absolute Gasteiger partial charge is 0.0372 e. The zero-order valence-electron chi connectivity index (χ0n) is 22.8. The molecule has 0 atom stereocenters. The summed E-state index contributed by atoms with van der Waals surface area (Å²) in [6.07, 6.45) is 0. The standard InChI is InChI=1S/2C15H24N2/c1-12(2)14-9-13(3)10-15(11-14)17-7-5-16(4)6-8-17;1-13(2)15-6-4-14(5-7-15)12-17-10-8-16(3)9-11-17/h9-12H,5-8H2,1-4H3;4-7,13H,8-12H2,1-3H3. The fourth-order valence-corrected chi connectivity index (χ4v) is 4.64. The summed E-state index contributed by atoms with van der Waals surface area (Å²) in [6, 6.07) is 16.1. The zero-order valence-corrected chi connectivity index (χ0v) is 22.8. The minimum Gasteiger partial charge on any atom is -0.369 e. The molecule has 2 heterocycles. The van der Waals surface area contributed by atoms with E-state index in [1.54, 1.807) is 0 Å². The Bertz CT molecular complexity index is 858. The highest BCUT2D eigenvalue weighted by molar-refractivity contribution is 5.52. The van der Waals surface area contributed by atoms with E-state index < -0.39 is 0 Å². The number of hydrogen-bond donors (Lipinski definition) is 0. The summed E-state index contributed by atoms with van der Waals surface area (Å²) in [5.41, 5.74) is 7.12. The molecule has 0 aromatic heterocycles. The molecule has 0 bridgehead atoms. The molecule has 2 aromatic carbocycles. The Labute approximate surface area is 209 Å². The number of hydrogen-bond acceptors (Lipinski definition) is 4. The van der Waals surface area contributed by atoms with E-state index in [-0.39, 0.29) is 0 Å². The van der Waals surface area contributed by atoms with Crippen molar-refractivity contribution in [3.05, 3.63) is 64.7 Å². The first-order valence-corrected chi connectivity index (χ1v) is 13.3. The highest BCUT2D eigenvalue weighted by Crippen LogP contribution is 2.24. The molecule has 2 fully saturated rings. The van der Waals surface area contributed by atoms with Crippen LogP contribution in [0.2, 0.25) is 0 Å². The van der Waals surface area contributed by atoms with Crippen molar-refractivity contribution in [1.82, 2.24) is 14.7 Å². The Hall–Kier alpha value is -1.88. The maximum atomic E-state index is 2.55. The maximum Gasteiger partial charge on any atom is 0.0372 e. The number of aryl methyl sites for hydroxylation is 1. The summed E-state index contributed by atoms with van der Waals surface area (Å²) < 4.78 is 0. The fourth-order valence-electron chi connectivity index (χ4n) is 4.64. The van der Waals surface area contributed by atoms with Gasteiger partial charge in [0.15, 0.2) is 0 Å². The predicted octanol–water partition coefficient (Wildman–Crippen LogP) is 5.43. The van der Waals surface area contributed by atoms with Gasteiger partial charge in [-0.2, -0.15) is 0 Å². The average molecular weight is 465 g/mol. The first-order valence-electron chi connectivity index (χ1n) is 13.3. The third kappa shape index (κ3) is 8.11. The lowest BCUT2D eigenvalue weighted by molar-refractivity contribution is 0.148. The molecule has 2 saturated heterocycles. The second-order valence-corrected chi connectivity index (χ2v) is 11.0. The van der Waals surface area contributed by atoms with E-state index in [2.05, 4.69) is 111 Å². The van der Waals surface area contributed by atoms with Gasteiger partial charge in [0.2, 0.25) is 0 Å². The molecular formula is C30H48N4. The van der Waals surface area contributed by atoms with Crippen LogP contribution in [0.4, 0.5) is 5.69 Å². The Kier molecular flexibility index (Phi) is 9.99. The molecule has 34 heavy (non-hydrogen) atoms. The van der Waals surface area contributed by atoms with Crippen molar-refractivity contribution in [3.8, 4) is 0 Å². The molecule has 0 unspecified atom stereocenters. The first-order chi connectivity index (χ1) is 16.2. The van der Waals surface area contributed by atoms with E-state index >= 15 is 0 Å². The van der Waals surface area contributed by atoms with Crippen molar-refractivity contribution in [2.24, 2.45) is 0 Å². The molecule has 4 nitrogen and oxygen atoms in total. The van der Waals surface area contributed by atoms with Crippen LogP contribution in [-0.4, -0.2) is 81.2 Å². The molecule has 2 aliphatic heterocycles. The molecule has 2 aromatic rings. The molecule has 0 N–H and O–H groups in total. The minimum absolute atomic E-state index is 0.612. The van der Waals surface area contributed by atoms with Crippen molar-refractivity contribution in [3.63, 3.8) is 0 Å². The SMILES string of the molecule is CC(C)c1ccc(CN2CCN(C)CC2)cc1.Cc1cc(C(C)C)cc(N2CCN(C)CC2)c1. The summed E-state index contributed by atoms with van der Waals surface area (Å²) in [5, 5.41) is 0. The van der Waals surface area contributed by atoms with Crippen LogP contribution in [-0.2, 0) is 6.54 Å². The van der Waals surface area contributed by atoms with Crippen LogP contribution >= 0.6 is 0 Å². The largest absolute Gasteiger partial charge is 0.369 e. The molecule has 4 rings (SSSR count). The van der Waals surface area contributed by atoms with Gasteiger partial charge < -0.3 is 14.7 Å². The van der Waals surface area contributed by atoms with Gasteiger partial charge in [0.25, 0.3) is 0 Å². The molecule has 0 saturated carbocycles. The normalized spacial score (nSPS) is 18.3. The van der Waals surface area contributed by atoms with Crippen LogP contribution in [0.15, 0.2) is 42.5 Å². The van der Waals surface area contributed by atoms with E-state index in [0.29, 0.717) is 11.8 Å². The average Bonchev–Trinajstić information content (AvgIpc) is 2.81.